The molecule has 84 valence electrons. The summed E-state index contributed by atoms with van der Waals surface area (Å²) in [6.45, 7) is 1.53. The number of benzene rings is 1. The molecule has 0 aromatic heterocycles. The maximum atomic E-state index is 13.4. The molecule has 1 aromatic carbocycles. The van der Waals surface area contributed by atoms with Crippen LogP contribution in [0.25, 0.3) is 0 Å². The maximum Gasteiger partial charge on any atom is 0.129 e. The molecule has 2 nitrogen and oxygen atoms in total. The minimum atomic E-state index is -0.606. The molecular weight excluding hydrogens is 200 g/mol. The molecule has 0 spiro atoms. The van der Waals surface area contributed by atoms with Gasteiger partial charge in [0.05, 0.1) is 0 Å². The summed E-state index contributed by atoms with van der Waals surface area (Å²) in [4.78, 5) is 0. The molecule has 0 saturated carbocycles. The second-order valence-corrected chi connectivity index (χ2v) is 3.61. The van der Waals surface area contributed by atoms with Crippen LogP contribution in [0, 0.1) is 11.6 Å². The van der Waals surface area contributed by atoms with Crippen LogP contribution in [0.1, 0.15) is 24.8 Å². The van der Waals surface area contributed by atoms with Crippen LogP contribution in [-0.4, -0.2) is 17.8 Å². The van der Waals surface area contributed by atoms with Gasteiger partial charge in [0, 0.05) is 24.1 Å². The van der Waals surface area contributed by atoms with Crippen molar-refractivity contribution in [1.82, 2.24) is 0 Å². The molecule has 0 aliphatic heterocycles. The predicted octanol–water partition coefficient (Wildman–Crippen LogP) is 1.78. The predicted molar refractivity (Wildman–Crippen MR) is 54.5 cm³/mol. The zero-order valence-corrected chi connectivity index (χ0v) is 8.58. The summed E-state index contributed by atoms with van der Waals surface area (Å²) in [5.41, 5.74) is 5.62. The van der Waals surface area contributed by atoms with Gasteiger partial charge in [-0.15, -0.1) is 0 Å². The molecule has 0 fully saturated rings. The molecule has 2 unspecified atom stereocenters. The van der Waals surface area contributed by atoms with Crippen molar-refractivity contribution in [3.63, 3.8) is 0 Å². The summed E-state index contributed by atoms with van der Waals surface area (Å²) in [5, 5.41) is 8.83. The fourth-order valence-corrected chi connectivity index (χ4v) is 1.67. The molecule has 1 rings (SSSR count). The highest BCUT2D eigenvalue weighted by Crippen LogP contribution is 2.27. The lowest BCUT2D eigenvalue weighted by molar-refractivity contribution is 0.266. The number of aliphatic hydroxyl groups excluding tert-OH is 1. The molecule has 0 amide bonds. The maximum absolute atomic E-state index is 13.4. The van der Waals surface area contributed by atoms with Crippen molar-refractivity contribution in [3.8, 4) is 0 Å². The molecule has 1 aromatic rings. The Kier molecular flexibility index (Phi) is 4.17. The average Bonchev–Trinajstić information content (AvgIpc) is 2.15. The third kappa shape index (κ3) is 2.73. The lowest BCUT2D eigenvalue weighted by atomic mass is 9.89. The summed E-state index contributed by atoms with van der Waals surface area (Å²) in [6, 6.07) is 3.31. The van der Waals surface area contributed by atoms with Crippen LogP contribution in [0.15, 0.2) is 18.2 Å². The van der Waals surface area contributed by atoms with Crippen LogP contribution in [0.5, 0.6) is 0 Å². The van der Waals surface area contributed by atoms with E-state index in [4.69, 9.17) is 10.8 Å². The summed E-state index contributed by atoms with van der Waals surface area (Å²) in [5.74, 6) is -1.70. The van der Waals surface area contributed by atoms with Crippen molar-refractivity contribution >= 4 is 0 Å². The fourth-order valence-electron chi connectivity index (χ4n) is 1.67. The van der Waals surface area contributed by atoms with Crippen molar-refractivity contribution in [2.75, 3.05) is 6.61 Å². The van der Waals surface area contributed by atoms with Gasteiger partial charge in [-0.1, -0.05) is 6.07 Å². The van der Waals surface area contributed by atoms with Gasteiger partial charge in [0.2, 0.25) is 0 Å². The average molecular weight is 215 g/mol. The van der Waals surface area contributed by atoms with Gasteiger partial charge in [-0.3, -0.25) is 0 Å². The number of hydrogen-bond donors (Lipinski definition) is 2. The van der Waals surface area contributed by atoms with Gasteiger partial charge in [-0.25, -0.2) is 8.78 Å². The van der Waals surface area contributed by atoms with Crippen molar-refractivity contribution < 1.29 is 13.9 Å². The first-order chi connectivity index (χ1) is 7.07. The molecule has 0 saturated heterocycles. The first kappa shape index (κ1) is 12.1. The van der Waals surface area contributed by atoms with Crippen LogP contribution in [0.2, 0.25) is 0 Å². The topological polar surface area (TPSA) is 46.2 Å². The zero-order valence-electron chi connectivity index (χ0n) is 8.58. The smallest absolute Gasteiger partial charge is 0.129 e. The van der Waals surface area contributed by atoms with Crippen LogP contribution in [0.3, 0.4) is 0 Å². The molecule has 0 radical (unpaired) electrons. The van der Waals surface area contributed by atoms with Crippen molar-refractivity contribution in [1.29, 1.82) is 0 Å². The van der Waals surface area contributed by atoms with E-state index in [0.29, 0.717) is 0 Å². The second-order valence-electron chi connectivity index (χ2n) is 3.61. The summed E-state index contributed by atoms with van der Waals surface area (Å²) in [7, 11) is 0. The first-order valence-electron chi connectivity index (χ1n) is 4.88. The van der Waals surface area contributed by atoms with Gasteiger partial charge in [0.1, 0.15) is 11.6 Å². The highest BCUT2D eigenvalue weighted by Gasteiger charge is 2.22. The third-order valence-electron chi connectivity index (χ3n) is 2.45. The Labute approximate surface area is 87.7 Å². The Bertz CT molecular complexity index is 308. The molecule has 0 bridgehead atoms. The molecule has 2 atom stereocenters. The molecule has 15 heavy (non-hydrogen) atoms. The number of hydrogen-bond acceptors (Lipinski definition) is 2. The van der Waals surface area contributed by atoms with E-state index < -0.39 is 23.6 Å². The van der Waals surface area contributed by atoms with Crippen LogP contribution < -0.4 is 5.73 Å². The number of nitrogens with two attached hydrogens (primary N) is 1. The number of rotatable bonds is 4. The van der Waals surface area contributed by atoms with Crippen LogP contribution in [0.4, 0.5) is 8.78 Å². The van der Waals surface area contributed by atoms with Gasteiger partial charge < -0.3 is 10.8 Å². The van der Waals surface area contributed by atoms with E-state index in [0.717, 1.165) is 0 Å². The molecule has 4 heteroatoms. The van der Waals surface area contributed by atoms with E-state index >= 15 is 0 Å². The molecule has 0 aliphatic carbocycles. The van der Waals surface area contributed by atoms with E-state index in [2.05, 4.69) is 0 Å². The van der Waals surface area contributed by atoms with Gasteiger partial charge >= 0.3 is 0 Å². The van der Waals surface area contributed by atoms with Gasteiger partial charge in [0.25, 0.3) is 0 Å². The van der Waals surface area contributed by atoms with E-state index in [1.807, 2.05) is 0 Å². The largest absolute Gasteiger partial charge is 0.396 e. The van der Waals surface area contributed by atoms with Crippen molar-refractivity contribution in [2.24, 2.45) is 5.73 Å². The lowest BCUT2D eigenvalue weighted by Gasteiger charge is -2.21. The van der Waals surface area contributed by atoms with Crippen LogP contribution >= 0.6 is 0 Å². The Balaban J connectivity index is 3.10. The van der Waals surface area contributed by atoms with E-state index in [-0.39, 0.29) is 18.6 Å². The number of aliphatic hydroxyl groups is 1. The van der Waals surface area contributed by atoms with E-state index in [9.17, 15) is 8.78 Å². The molecule has 0 aliphatic rings. The molecule has 3 N–H and O–H groups in total. The highest BCUT2D eigenvalue weighted by atomic mass is 19.1. The quantitative estimate of drug-likeness (QED) is 0.804. The third-order valence-corrected chi connectivity index (χ3v) is 2.45. The zero-order chi connectivity index (χ0) is 11.4. The van der Waals surface area contributed by atoms with Gasteiger partial charge in [-0.2, -0.15) is 0 Å². The van der Waals surface area contributed by atoms with Crippen molar-refractivity contribution in [2.45, 2.75) is 25.3 Å². The number of halogens is 2. The van der Waals surface area contributed by atoms with Gasteiger partial charge in [0.15, 0.2) is 0 Å². The Morgan fingerprint density at radius 3 is 2.27 bits per heavy atom. The Morgan fingerprint density at radius 2 is 1.87 bits per heavy atom. The molecular formula is C11H15F2NO. The monoisotopic (exact) mass is 215 g/mol. The molecule has 0 heterocycles. The first-order valence-corrected chi connectivity index (χ1v) is 4.88. The Hall–Kier alpha value is -1.00. The second kappa shape index (κ2) is 5.19. The highest BCUT2D eigenvalue weighted by molar-refractivity contribution is 5.25. The van der Waals surface area contributed by atoms with Crippen molar-refractivity contribution in [3.05, 3.63) is 35.4 Å². The van der Waals surface area contributed by atoms with Gasteiger partial charge in [-0.05, 0) is 25.5 Å². The summed E-state index contributed by atoms with van der Waals surface area (Å²) < 4.78 is 26.8. The normalized spacial score (nSPS) is 15.0. The van der Waals surface area contributed by atoms with E-state index in [1.54, 1.807) is 6.92 Å². The summed E-state index contributed by atoms with van der Waals surface area (Å²) in [6.07, 6.45) is 0.259. The minimum Gasteiger partial charge on any atom is -0.396 e. The van der Waals surface area contributed by atoms with Crippen LogP contribution in [-0.2, 0) is 0 Å². The Morgan fingerprint density at radius 1 is 1.33 bits per heavy atom. The standard InChI is InChI=1S/C11H15F2NO/c1-7(14)8(5-6-15)11-9(12)3-2-4-10(11)13/h2-4,7-8,15H,5-6,14H2,1H3. The van der Waals surface area contributed by atoms with E-state index in [1.165, 1.54) is 18.2 Å². The summed E-state index contributed by atoms with van der Waals surface area (Å²) >= 11 is 0. The minimum absolute atomic E-state index is 0.0263. The fraction of sp³-hybridized carbons (Fsp3) is 0.455. The SMILES string of the molecule is CC(N)C(CCO)c1c(F)cccc1F. The lowest BCUT2D eigenvalue weighted by Crippen LogP contribution is -2.27.